The molecule has 1 aromatic carbocycles. The summed E-state index contributed by atoms with van der Waals surface area (Å²) in [6, 6.07) is 9.35. The number of allylic oxidation sites excluding steroid dienone is 1. The molecule has 68 valence electrons. The fourth-order valence-corrected chi connectivity index (χ4v) is 0.974. The molecule has 13 heavy (non-hydrogen) atoms. The van der Waals surface area contributed by atoms with Gasteiger partial charge in [0.25, 0.3) is 0 Å². The zero-order valence-corrected chi connectivity index (χ0v) is 7.44. The molecule has 3 nitrogen and oxygen atoms in total. The first-order chi connectivity index (χ1) is 6.24. The molecule has 0 aliphatic heterocycles. The Labute approximate surface area is 77.9 Å². The highest BCUT2D eigenvalue weighted by Gasteiger charge is 2.12. The van der Waals surface area contributed by atoms with Crippen molar-refractivity contribution in [1.82, 2.24) is 0 Å². The van der Waals surface area contributed by atoms with Gasteiger partial charge in [0.2, 0.25) is 0 Å². The van der Waals surface area contributed by atoms with E-state index in [1.165, 1.54) is 0 Å². The summed E-state index contributed by atoms with van der Waals surface area (Å²) in [4.78, 5) is 0. The topological polar surface area (TPSA) is 52.5 Å². The van der Waals surface area contributed by atoms with Gasteiger partial charge in [-0.05, 0) is 19.1 Å². The molecule has 0 radical (unpaired) electrons. The summed E-state index contributed by atoms with van der Waals surface area (Å²) in [6.07, 6.45) is 1.62. The van der Waals surface area contributed by atoms with Crippen molar-refractivity contribution in [2.45, 2.75) is 6.92 Å². The maximum absolute atomic E-state index is 8.90. The van der Waals surface area contributed by atoms with Crippen LogP contribution in [0.5, 0.6) is 0 Å². The minimum Gasteiger partial charge on any atom is -0.422 e. The van der Waals surface area contributed by atoms with Crippen molar-refractivity contribution in [2.24, 2.45) is 0 Å². The van der Waals surface area contributed by atoms with Crippen LogP contribution in [0.15, 0.2) is 42.0 Å². The Balaban J connectivity index is 2.69. The monoisotopic (exact) mass is 177 g/mol. The Morgan fingerprint density at radius 1 is 1.31 bits per heavy atom. The van der Waals surface area contributed by atoms with E-state index in [9.17, 15) is 0 Å². The van der Waals surface area contributed by atoms with E-state index >= 15 is 0 Å². The van der Waals surface area contributed by atoms with Gasteiger partial charge < -0.3 is 15.4 Å². The van der Waals surface area contributed by atoms with E-state index in [0.717, 1.165) is 5.69 Å². The highest BCUT2D eigenvalue weighted by Crippen LogP contribution is 2.09. The molecule has 0 heterocycles. The van der Waals surface area contributed by atoms with Crippen LogP contribution in [0.3, 0.4) is 0 Å². The Kier molecular flexibility index (Phi) is 3.55. The Morgan fingerprint density at radius 2 is 1.92 bits per heavy atom. The maximum atomic E-state index is 8.90. The van der Waals surface area contributed by atoms with Crippen LogP contribution in [-0.4, -0.2) is 17.2 Å². The molecule has 0 saturated heterocycles. The minimum absolute atomic E-state index is 0.381. The number of hydrogen-bond acceptors (Lipinski definition) is 3. The number of benzene rings is 1. The molecule has 1 rings (SSSR count). The van der Waals surface area contributed by atoms with Gasteiger partial charge in [0.05, 0.1) is 0 Å². The van der Waals surface area contributed by atoms with Crippen molar-refractivity contribution in [3.05, 3.63) is 42.0 Å². The molecule has 0 aliphatic rings. The molecule has 4 heteroatoms. The lowest BCUT2D eigenvalue weighted by Gasteiger charge is -2.08. The summed E-state index contributed by atoms with van der Waals surface area (Å²) >= 11 is 0. The third-order valence-corrected chi connectivity index (χ3v) is 1.65. The predicted octanol–water partition coefficient (Wildman–Crippen LogP) is 1.01. The highest BCUT2D eigenvalue weighted by molar-refractivity contribution is 6.51. The van der Waals surface area contributed by atoms with E-state index in [1.807, 2.05) is 30.3 Å². The zero-order valence-electron chi connectivity index (χ0n) is 7.44. The standard InChI is InChI=1S/C9H12BNO2/c1-2-9(10(12)13)11-8-6-4-3-5-7-8/h2-7,11-13H,1H3/b9-2-. The Morgan fingerprint density at radius 3 is 2.38 bits per heavy atom. The van der Waals surface area contributed by atoms with Crippen LogP contribution in [0.4, 0.5) is 5.69 Å². The van der Waals surface area contributed by atoms with Crippen molar-refractivity contribution in [1.29, 1.82) is 0 Å². The van der Waals surface area contributed by atoms with Gasteiger partial charge in [-0.3, -0.25) is 0 Å². The smallest absolute Gasteiger partial charge is 0.422 e. The second-order valence-corrected chi connectivity index (χ2v) is 2.61. The fourth-order valence-electron chi connectivity index (χ4n) is 0.974. The van der Waals surface area contributed by atoms with Crippen LogP contribution >= 0.6 is 0 Å². The van der Waals surface area contributed by atoms with E-state index in [0.29, 0.717) is 5.60 Å². The van der Waals surface area contributed by atoms with Crippen molar-refractivity contribution in [3.63, 3.8) is 0 Å². The lowest BCUT2D eigenvalue weighted by Crippen LogP contribution is -2.21. The average Bonchev–Trinajstić information content (AvgIpc) is 2.15. The van der Waals surface area contributed by atoms with Crippen LogP contribution in [-0.2, 0) is 0 Å². The van der Waals surface area contributed by atoms with Crippen molar-refractivity contribution < 1.29 is 10.0 Å². The van der Waals surface area contributed by atoms with E-state index in [2.05, 4.69) is 5.32 Å². The molecule has 0 saturated carbocycles. The summed E-state index contributed by atoms with van der Waals surface area (Å²) in [5.74, 6) is 0. The molecular weight excluding hydrogens is 165 g/mol. The third-order valence-electron chi connectivity index (χ3n) is 1.65. The molecule has 0 amide bonds. The second kappa shape index (κ2) is 4.69. The number of para-hydroxylation sites is 1. The van der Waals surface area contributed by atoms with E-state index in [4.69, 9.17) is 10.0 Å². The van der Waals surface area contributed by atoms with E-state index < -0.39 is 7.12 Å². The molecule has 0 unspecified atom stereocenters. The minimum atomic E-state index is -1.45. The molecule has 0 bridgehead atoms. The third kappa shape index (κ3) is 2.93. The molecule has 1 aromatic rings. The number of rotatable bonds is 3. The molecule has 0 aromatic heterocycles. The van der Waals surface area contributed by atoms with Crippen LogP contribution in [0, 0.1) is 0 Å². The van der Waals surface area contributed by atoms with Crippen LogP contribution < -0.4 is 5.32 Å². The summed E-state index contributed by atoms with van der Waals surface area (Å²) in [5.41, 5.74) is 1.22. The van der Waals surface area contributed by atoms with Gasteiger partial charge in [0, 0.05) is 11.3 Å². The summed E-state index contributed by atoms with van der Waals surface area (Å²) in [7, 11) is -1.45. The van der Waals surface area contributed by atoms with Crippen molar-refractivity contribution in [2.75, 3.05) is 5.32 Å². The lowest BCUT2D eigenvalue weighted by molar-refractivity contribution is 0.419. The molecule has 3 N–H and O–H groups in total. The van der Waals surface area contributed by atoms with Gasteiger partial charge in [-0.25, -0.2) is 0 Å². The van der Waals surface area contributed by atoms with Crippen LogP contribution in [0.1, 0.15) is 6.92 Å². The van der Waals surface area contributed by atoms with Gasteiger partial charge in [0.15, 0.2) is 0 Å². The fraction of sp³-hybridized carbons (Fsp3) is 0.111. The normalized spacial score (nSPS) is 11.2. The van der Waals surface area contributed by atoms with Gasteiger partial charge in [0.1, 0.15) is 0 Å². The van der Waals surface area contributed by atoms with E-state index in [-0.39, 0.29) is 0 Å². The van der Waals surface area contributed by atoms with Crippen molar-refractivity contribution >= 4 is 12.8 Å². The number of hydrogen-bond donors (Lipinski definition) is 3. The average molecular weight is 177 g/mol. The molecule has 0 fully saturated rings. The van der Waals surface area contributed by atoms with Gasteiger partial charge in [-0.1, -0.05) is 24.3 Å². The summed E-state index contributed by atoms with van der Waals surface area (Å²) in [6.45, 7) is 1.74. The number of anilines is 1. The first-order valence-corrected chi connectivity index (χ1v) is 4.08. The SMILES string of the molecule is C/C=C(\Nc1ccccc1)B(O)O. The molecule has 0 spiro atoms. The summed E-state index contributed by atoms with van der Waals surface area (Å²) < 4.78 is 0. The summed E-state index contributed by atoms with van der Waals surface area (Å²) in [5, 5.41) is 20.7. The van der Waals surface area contributed by atoms with Gasteiger partial charge >= 0.3 is 7.12 Å². The van der Waals surface area contributed by atoms with Crippen LogP contribution in [0.2, 0.25) is 0 Å². The second-order valence-electron chi connectivity index (χ2n) is 2.61. The van der Waals surface area contributed by atoms with Gasteiger partial charge in [-0.2, -0.15) is 0 Å². The highest BCUT2D eigenvalue weighted by atomic mass is 16.4. The molecular formula is C9H12BNO2. The zero-order chi connectivity index (χ0) is 9.68. The lowest BCUT2D eigenvalue weighted by atomic mass is 9.85. The van der Waals surface area contributed by atoms with E-state index in [1.54, 1.807) is 13.0 Å². The Hall–Kier alpha value is -1.26. The maximum Gasteiger partial charge on any atom is 0.505 e. The largest absolute Gasteiger partial charge is 0.505 e. The molecule has 0 atom stereocenters. The molecule has 0 aliphatic carbocycles. The first kappa shape index (κ1) is 9.83. The number of nitrogens with one attached hydrogen (secondary N) is 1. The quantitative estimate of drug-likeness (QED) is 0.604. The van der Waals surface area contributed by atoms with Crippen molar-refractivity contribution in [3.8, 4) is 0 Å². The van der Waals surface area contributed by atoms with Crippen LogP contribution in [0.25, 0.3) is 0 Å². The first-order valence-electron chi connectivity index (χ1n) is 4.08. The Bertz CT molecular complexity index is 285. The van der Waals surface area contributed by atoms with Gasteiger partial charge in [-0.15, -0.1) is 0 Å². The predicted molar refractivity (Wildman–Crippen MR) is 54.0 cm³/mol.